The van der Waals surface area contributed by atoms with Gasteiger partial charge in [0.1, 0.15) is 17.8 Å². The fourth-order valence-electron chi connectivity index (χ4n) is 5.83. The van der Waals surface area contributed by atoms with Crippen molar-refractivity contribution in [3.8, 4) is 0 Å². The van der Waals surface area contributed by atoms with Crippen molar-refractivity contribution in [2.45, 2.75) is 51.0 Å². The molecule has 3 N–H and O–H groups in total. The summed E-state index contributed by atoms with van der Waals surface area (Å²) in [5.74, 6) is 2.06. The molecule has 36 heavy (non-hydrogen) atoms. The third-order valence-electron chi connectivity index (χ3n) is 7.89. The number of anilines is 1. The van der Waals surface area contributed by atoms with Crippen molar-refractivity contribution in [2.75, 3.05) is 11.9 Å². The van der Waals surface area contributed by atoms with Gasteiger partial charge in [0.05, 0.1) is 28.3 Å². The maximum Gasteiger partial charge on any atom is 0.274 e. The lowest BCUT2D eigenvalue weighted by Crippen LogP contribution is -2.43. The molecule has 2 saturated carbocycles. The van der Waals surface area contributed by atoms with E-state index in [0.29, 0.717) is 23.8 Å². The second-order valence-electron chi connectivity index (χ2n) is 10.6. The van der Waals surface area contributed by atoms with E-state index in [1.165, 1.54) is 19.3 Å². The molecule has 9 heteroatoms. The Morgan fingerprint density at radius 1 is 1.25 bits per heavy atom. The van der Waals surface area contributed by atoms with Crippen LogP contribution in [0.15, 0.2) is 43.1 Å². The number of pyridine rings is 2. The summed E-state index contributed by atoms with van der Waals surface area (Å²) in [7, 11) is 1.97. The summed E-state index contributed by atoms with van der Waals surface area (Å²) in [5.41, 5.74) is 4.67. The predicted molar refractivity (Wildman–Crippen MR) is 138 cm³/mol. The van der Waals surface area contributed by atoms with Crippen molar-refractivity contribution >= 4 is 22.6 Å². The van der Waals surface area contributed by atoms with Gasteiger partial charge in [0.25, 0.3) is 5.91 Å². The van der Waals surface area contributed by atoms with Crippen LogP contribution in [-0.4, -0.2) is 42.2 Å². The van der Waals surface area contributed by atoms with Crippen molar-refractivity contribution in [3.05, 3.63) is 65.8 Å². The summed E-state index contributed by atoms with van der Waals surface area (Å²) in [5, 5.41) is 15.1. The van der Waals surface area contributed by atoms with E-state index < -0.39 is 0 Å². The number of H-pyrrole nitrogens is 1. The van der Waals surface area contributed by atoms with Crippen LogP contribution in [-0.2, 0) is 19.0 Å². The molecule has 0 saturated heterocycles. The van der Waals surface area contributed by atoms with Gasteiger partial charge in [0.2, 0.25) is 0 Å². The van der Waals surface area contributed by atoms with Gasteiger partial charge in [-0.3, -0.25) is 9.78 Å². The van der Waals surface area contributed by atoms with Gasteiger partial charge < -0.3 is 20.2 Å². The standard InChI is InChI=1S/C27H32N8O/c1-17-10-27(11-17,26-34-31-16-35(26)2)20-9-21(15-29-14-20)32-25(36)23-8-19(13-28-12-18-4-3-5-18)24-22(33-23)6-7-30-24/h6-9,14-18,28,30H,3-5,10-13H2,1-2H3,(H,32,36). The van der Waals surface area contributed by atoms with Gasteiger partial charge in [-0.05, 0) is 73.4 Å². The molecule has 0 bridgehead atoms. The van der Waals surface area contributed by atoms with Crippen LogP contribution in [0, 0.1) is 11.8 Å². The zero-order valence-corrected chi connectivity index (χ0v) is 20.8. The largest absolute Gasteiger partial charge is 0.360 e. The molecular formula is C27H32N8O. The van der Waals surface area contributed by atoms with Gasteiger partial charge in [0.15, 0.2) is 0 Å². The van der Waals surface area contributed by atoms with E-state index in [-0.39, 0.29) is 11.3 Å². The molecule has 186 valence electrons. The van der Waals surface area contributed by atoms with Crippen molar-refractivity contribution in [1.29, 1.82) is 0 Å². The number of hydrogen-bond acceptors (Lipinski definition) is 6. The van der Waals surface area contributed by atoms with Crippen LogP contribution in [0.1, 0.15) is 66.5 Å². The van der Waals surface area contributed by atoms with Gasteiger partial charge >= 0.3 is 0 Å². The van der Waals surface area contributed by atoms with E-state index in [2.05, 4.69) is 42.7 Å². The highest BCUT2D eigenvalue weighted by molar-refractivity contribution is 6.04. The molecule has 2 aliphatic rings. The summed E-state index contributed by atoms with van der Waals surface area (Å²) in [4.78, 5) is 25.6. The van der Waals surface area contributed by atoms with Crippen LogP contribution in [0.25, 0.3) is 11.0 Å². The third kappa shape index (κ3) is 4.07. The Morgan fingerprint density at radius 2 is 2.11 bits per heavy atom. The fourth-order valence-corrected chi connectivity index (χ4v) is 5.83. The van der Waals surface area contributed by atoms with E-state index in [0.717, 1.165) is 53.3 Å². The minimum Gasteiger partial charge on any atom is -0.360 e. The molecule has 0 aromatic carbocycles. The molecule has 6 rings (SSSR count). The van der Waals surface area contributed by atoms with E-state index in [4.69, 9.17) is 0 Å². The molecule has 1 amide bonds. The van der Waals surface area contributed by atoms with Crippen molar-refractivity contribution in [1.82, 2.24) is 35.0 Å². The number of fused-ring (bicyclic) bond motifs is 1. The van der Waals surface area contributed by atoms with Gasteiger partial charge in [-0.15, -0.1) is 10.2 Å². The topological polar surface area (TPSA) is 113 Å². The summed E-state index contributed by atoms with van der Waals surface area (Å²) < 4.78 is 1.98. The lowest BCUT2D eigenvalue weighted by Gasteiger charge is -2.45. The highest BCUT2D eigenvalue weighted by Crippen LogP contribution is 2.51. The molecular weight excluding hydrogens is 452 g/mol. The number of aromatic amines is 1. The molecule has 2 aliphatic carbocycles. The van der Waals surface area contributed by atoms with Crippen molar-refractivity contribution in [3.63, 3.8) is 0 Å². The monoisotopic (exact) mass is 484 g/mol. The molecule has 4 heterocycles. The number of aryl methyl sites for hydroxylation is 1. The first-order valence-corrected chi connectivity index (χ1v) is 12.8. The molecule has 4 aromatic rings. The lowest BCUT2D eigenvalue weighted by atomic mass is 9.59. The maximum atomic E-state index is 13.3. The predicted octanol–water partition coefficient (Wildman–Crippen LogP) is 3.94. The molecule has 9 nitrogen and oxygen atoms in total. The number of carbonyl (C=O) groups excluding carboxylic acids is 1. The van der Waals surface area contributed by atoms with Crippen LogP contribution in [0.5, 0.6) is 0 Å². The molecule has 2 fully saturated rings. The van der Waals surface area contributed by atoms with Gasteiger partial charge in [-0.25, -0.2) is 4.98 Å². The van der Waals surface area contributed by atoms with E-state index >= 15 is 0 Å². The first-order valence-electron chi connectivity index (χ1n) is 12.8. The van der Waals surface area contributed by atoms with Crippen molar-refractivity contribution in [2.24, 2.45) is 18.9 Å². The maximum absolute atomic E-state index is 13.3. The molecule has 0 aliphatic heterocycles. The van der Waals surface area contributed by atoms with Gasteiger partial charge in [0, 0.05) is 26.0 Å². The summed E-state index contributed by atoms with van der Waals surface area (Å²) in [6.07, 6.45) is 13.1. The highest BCUT2D eigenvalue weighted by Gasteiger charge is 2.48. The van der Waals surface area contributed by atoms with Crippen LogP contribution in [0.4, 0.5) is 5.69 Å². The number of hydrogen-bond donors (Lipinski definition) is 3. The number of nitrogens with one attached hydrogen (secondary N) is 3. The highest BCUT2D eigenvalue weighted by atomic mass is 16.1. The van der Waals surface area contributed by atoms with Gasteiger partial charge in [-0.2, -0.15) is 0 Å². The number of aromatic nitrogens is 6. The molecule has 0 unspecified atom stereocenters. The summed E-state index contributed by atoms with van der Waals surface area (Å²) >= 11 is 0. The Morgan fingerprint density at radius 3 is 2.83 bits per heavy atom. The zero-order valence-electron chi connectivity index (χ0n) is 20.8. The first-order chi connectivity index (χ1) is 17.5. The fraction of sp³-hybridized carbons (Fsp3) is 0.444. The number of amides is 1. The van der Waals surface area contributed by atoms with Crippen molar-refractivity contribution < 1.29 is 4.79 Å². The minimum absolute atomic E-state index is 0.236. The Bertz CT molecular complexity index is 1400. The second kappa shape index (κ2) is 9.13. The molecule has 0 atom stereocenters. The minimum atomic E-state index is -0.244. The lowest BCUT2D eigenvalue weighted by molar-refractivity contribution is 0.102. The zero-order chi connectivity index (χ0) is 24.7. The molecule has 4 aromatic heterocycles. The Kier molecular flexibility index (Phi) is 5.79. The van der Waals surface area contributed by atoms with Crippen LogP contribution in [0.3, 0.4) is 0 Å². The first kappa shape index (κ1) is 22.8. The Hall–Kier alpha value is -3.59. The smallest absolute Gasteiger partial charge is 0.274 e. The van der Waals surface area contributed by atoms with E-state index in [1.54, 1.807) is 12.5 Å². The van der Waals surface area contributed by atoms with Gasteiger partial charge in [-0.1, -0.05) is 13.3 Å². The normalized spacial score (nSPS) is 21.8. The third-order valence-corrected chi connectivity index (χ3v) is 7.89. The van der Waals surface area contributed by atoms with E-state index in [9.17, 15) is 4.79 Å². The molecule has 0 radical (unpaired) electrons. The number of carbonyl (C=O) groups is 1. The molecule has 0 spiro atoms. The van der Waals surface area contributed by atoms with Crippen LogP contribution >= 0.6 is 0 Å². The SMILES string of the molecule is CC1CC(c2cncc(NC(=O)c3cc(CNCC4CCC4)c4[nH]ccc4n3)c2)(c2nncn2C)C1. The quantitative estimate of drug-likeness (QED) is 0.349. The average molecular weight is 485 g/mol. The van der Waals surface area contributed by atoms with Crippen LogP contribution in [0.2, 0.25) is 0 Å². The Labute approximate surface area is 210 Å². The summed E-state index contributed by atoms with van der Waals surface area (Å²) in [6, 6.07) is 5.81. The summed E-state index contributed by atoms with van der Waals surface area (Å²) in [6.45, 7) is 3.96. The second-order valence-corrected chi connectivity index (χ2v) is 10.6. The Balaban J connectivity index is 1.23. The van der Waals surface area contributed by atoms with E-state index in [1.807, 2.05) is 42.2 Å². The van der Waals surface area contributed by atoms with Crippen LogP contribution < -0.4 is 10.6 Å². The number of rotatable bonds is 8. The number of nitrogens with zero attached hydrogens (tertiary/aromatic N) is 5. The average Bonchev–Trinajstić information content (AvgIpc) is 3.47.